The molecule has 1 aliphatic carbocycles. The topological polar surface area (TPSA) is 48.3 Å². The van der Waals surface area contributed by atoms with Gasteiger partial charge in [0, 0.05) is 38.1 Å². The standard InChI is InChI=1S/C15H27N3O2/c1-18-15-7-5-6-14(13(15)12-17-18)16-8-3-4-9-20-11-10-19-2/h12,14,16H,3-11H2,1-2H3. The molecule has 1 atom stereocenters. The van der Waals surface area contributed by atoms with Crippen molar-refractivity contribution in [2.75, 3.05) is 33.5 Å². The number of rotatable bonds is 9. The summed E-state index contributed by atoms with van der Waals surface area (Å²) in [6.45, 7) is 3.26. The molecular formula is C15H27N3O2. The predicted octanol–water partition coefficient (Wildman–Crippen LogP) is 1.83. The van der Waals surface area contributed by atoms with Gasteiger partial charge in [0.15, 0.2) is 0 Å². The van der Waals surface area contributed by atoms with E-state index in [0.717, 1.165) is 32.4 Å². The van der Waals surface area contributed by atoms with Crippen LogP contribution in [0.15, 0.2) is 6.20 Å². The summed E-state index contributed by atoms with van der Waals surface area (Å²) in [6.07, 6.45) is 7.92. The van der Waals surface area contributed by atoms with Crippen LogP contribution in [0.25, 0.3) is 0 Å². The third-order valence-corrected chi connectivity index (χ3v) is 3.91. The number of hydrogen-bond acceptors (Lipinski definition) is 4. The van der Waals surface area contributed by atoms with Crippen LogP contribution in [-0.2, 0) is 22.9 Å². The van der Waals surface area contributed by atoms with Crippen LogP contribution in [0.2, 0.25) is 0 Å². The third-order valence-electron chi connectivity index (χ3n) is 3.91. The van der Waals surface area contributed by atoms with Gasteiger partial charge in [-0.15, -0.1) is 0 Å². The van der Waals surface area contributed by atoms with Crippen LogP contribution in [-0.4, -0.2) is 43.3 Å². The minimum atomic E-state index is 0.488. The molecule has 0 saturated heterocycles. The lowest BCUT2D eigenvalue weighted by Gasteiger charge is -2.23. The number of ether oxygens (including phenoxy) is 2. The maximum atomic E-state index is 5.46. The lowest BCUT2D eigenvalue weighted by atomic mass is 9.93. The number of fused-ring (bicyclic) bond motifs is 1. The zero-order chi connectivity index (χ0) is 14.2. The molecule has 1 aliphatic rings. The van der Waals surface area contributed by atoms with Gasteiger partial charge < -0.3 is 14.8 Å². The molecule has 0 fully saturated rings. The molecule has 0 aromatic carbocycles. The van der Waals surface area contributed by atoms with E-state index in [2.05, 4.69) is 10.4 Å². The van der Waals surface area contributed by atoms with Crippen molar-refractivity contribution in [1.82, 2.24) is 15.1 Å². The fourth-order valence-electron chi connectivity index (χ4n) is 2.77. The van der Waals surface area contributed by atoms with E-state index in [0.29, 0.717) is 19.3 Å². The SMILES string of the molecule is COCCOCCCCNC1CCCc2c1cnn2C. The molecule has 0 spiro atoms. The van der Waals surface area contributed by atoms with Gasteiger partial charge in [0.05, 0.1) is 19.4 Å². The highest BCUT2D eigenvalue weighted by molar-refractivity contribution is 5.24. The second-order valence-corrected chi connectivity index (χ2v) is 5.38. The smallest absolute Gasteiger partial charge is 0.0700 e. The van der Waals surface area contributed by atoms with Crippen molar-refractivity contribution in [3.63, 3.8) is 0 Å². The first-order valence-corrected chi connectivity index (χ1v) is 7.63. The van der Waals surface area contributed by atoms with E-state index < -0.39 is 0 Å². The van der Waals surface area contributed by atoms with Gasteiger partial charge in [-0.3, -0.25) is 4.68 Å². The number of aryl methyl sites for hydroxylation is 1. The third kappa shape index (κ3) is 4.30. The van der Waals surface area contributed by atoms with Crippen molar-refractivity contribution < 1.29 is 9.47 Å². The molecule has 1 N–H and O–H groups in total. The molecule has 1 aromatic heterocycles. The van der Waals surface area contributed by atoms with Gasteiger partial charge in [0.2, 0.25) is 0 Å². The van der Waals surface area contributed by atoms with Crippen LogP contribution in [0.4, 0.5) is 0 Å². The van der Waals surface area contributed by atoms with E-state index >= 15 is 0 Å². The van der Waals surface area contributed by atoms with E-state index in [1.807, 2.05) is 17.9 Å². The van der Waals surface area contributed by atoms with E-state index in [1.165, 1.54) is 24.1 Å². The molecule has 20 heavy (non-hydrogen) atoms. The molecule has 0 radical (unpaired) electrons. The molecule has 5 heteroatoms. The van der Waals surface area contributed by atoms with Gasteiger partial charge in [0.1, 0.15) is 0 Å². The Labute approximate surface area is 121 Å². The maximum absolute atomic E-state index is 5.46. The maximum Gasteiger partial charge on any atom is 0.0700 e. The molecule has 114 valence electrons. The van der Waals surface area contributed by atoms with Crippen molar-refractivity contribution in [3.05, 3.63) is 17.5 Å². The summed E-state index contributed by atoms with van der Waals surface area (Å²) in [6, 6.07) is 0.488. The first-order valence-electron chi connectivity index (χ1n) is 7.63. The first kappa shape index (κ1) is 15.5. The largest absolute Gasteiger partial charge is 0.382 e. The molecule has 1 heterocycles. The first-order chi connectivity index (χ1) is 9.83. The van der Waals surface area contributed by atoms with E-state index in [1.54, 1.807) is 7.11 Å². The average molecular weight is 281 g/mol. The Morgan fingerprint density at radius 1 is 1.35 bits per heavy atom. The Morgan fingerprint density at radius 3 is 3.10 bits per heavy atom. The number of unbranched alkanes of at least 4 members (excludes halogenated alkanes) is 1. The van der Waals surface area contributed by atoms with Gasteiger partial charge in [0.25, 0.3) is 0 Å². The number of hydrogen-bond donors (Lipinski definition) is 1. The number of aromatic nitrogens is 2. The van der Waals surface area contributed by atoms with Crippen molar-refractivity contribution in [3.8, 4) is 0 Å². The summed E-state index contributed by atoms with van der Waals surface area (Å²) in [5, 5.41) is 8.04. The normalized spacial score (nSPS) is 18.2. The Hall–Kier alpha value is -0.910. The quantitative estimate of drug-likeness (QED) is 0.702. The second-order valence-electron chi connectivity index (χ2n) is 5.38. The van der Waals surface area contributed by atoms with Crippen molar-refractivity contribution in [1.29, 1.82) is 0 Å². The van der Waals surface area contributed by atoms with Crippen molar-refractivity contribution in [2.24, 2.45) is 7.05 Å². The zero-order valence-electron chi connectivity index (χ0n) is 12.7. The fourth-order valence-corrected chi connectivity index (χ4v) is 2.77. The molecule has 1 unspecified atom stereocenters. The van der Waals surface area contributed by atoms with E-state index in [-0.39, 0.29) is 0 Å². The van der Waals surface area contributed by atoms with Gasteiger partial charge in [-0.25, -0.2) is 0 Å². The molecule has 0 amide bonds. The Morgan fingerprint density at radius 2 is 2.25 bits per heavy atom. The van der Waals surface area contributed by atoms with Gasteiger partial charge in [-0.05, 0) is 38.6 Å². The Balaban J connectivity index is 1.61. The van der Waals surface area contributed by atoms with E-state index in [4.69, 9.17) is 9.47 Å². The summed E-state index contributed by atoms with van der Waals surface area (Å²) < 4.78 is 12.4. The molecule has 0 aliphatic heterocycles. The van der Waals surface area contributed by atoms with Crippen LogP contribution in [0.1, 0.15) is 43.0 Å². The molecule has 0 bridgehead atoms. The summed E-state index contributed by atoms with van der Waals surface area (Å²) in [4.78, 5) is 0. The Bertz CT molecular complexity index is 392. The Kier molecular flexibility index (Phi) is 6.50. The van der Waals surface area contributed by atoms with Gasteiger partial charge in [-0.2, -0.15) is 5.10 Å². The van der Waals surface area contributed by atoms with Crippen molar-refractivity contribution >= 4 is 0 Å². The highest BCUT2D eigenvalue weighted by Gasteiger charge is 2.22. The molecule has 0 saturated carbocycles. The van der Waals surface area contributed by atoms with Crippen LogP contribution in [0.5, 0.6) is 0 Å². The number of nitrogens with one attached hydrogen (secondary N) is 1. The van der Waals surface area contributed by atoms with Crippen LogP contribution in [0, 0.1) is 0 Å². The summed E-state index contributed by atoms with van der Waals surface area (Å²) in [7, 11) is 3.74. The van der Waals surface area contributed by atoms with Crippen LogP contribution in [0.3, 0.4) is 0 Å². The lowest BCUT2D eigenvalue weighted by Crippen LogP contribution is -2.26. The molecular weight excluding hydrogens is 254 g/mol. The minimum absolute atomic E-state index is 0.488. The van der Waals surface area contributed by atoms with Crippen LogP contribution >= 0.6 is 0 Å². The fraction of sp³-hybridized carbons (Fsp3) is 0.800. The van der Waals surface area contributed by atoms with Gasteiger partial charge >= 0.3 is 0 Å². The molecule has 2 rings (SSSR count). The summed E-state index contributed by atoms with van der Waals surface area (Å²) >= 11 is 0. The highest BCUT2D eigenvalue weighted by atomic mass is 16.5. The second kappa shape index (κ2) is 8.39. The number of methoxy groups -OCH3 is 1. The van der Waals surface area contributed by atoms with Crippen LogP contribution < -0.4 is 5.32 Å². The number of nitrogens with zero attached hydrogens (tertiary/aromatic N) is 2. The lowest BCUT2D eigenvalue weighted by molar-refractivity contribution is 0.0687. The summed E-state index contributed by atoms with van der Waals surface area (Å²) in [5.41, 5.74) is 2.80. The predicted molar refractivity (Wildman–Crippen MR) is 78.8 cm³/mol. The molecule has 1 aromatic rings. The summed E-state index contributed by atoms with van der Waals surface area (Å²) in [5.74, 6) is 0. The average Bonchev–Trinajstić information content (AvgIpc) is 2.84. The van der Waals surface area contributed by atoms with Gasteiger partial charge in [-0.1, -0.05) is 0 Å². The minimum Gasteiger partial charge on any atom is -0.382 e. The zero-order valence-corrected chi connectivity index (χ0v) is 12.7. The van der Waals surface area contributed by atoms with E-state index in [9.17, 15) is 0 Å². The monoisotopic (exact) mass is 281 g/mol. The van der Waals surface area contributed by atoms with Crippen molar-refractivity contribution in [2.45, 2.75) is 38.1 Å². The highest BCUT2D eigenvalue weighted by Crippen LogP contribution is 2.28. The molecule has 5 nitrogen and oxygen atoms in total.